The van der Waals surface area contributed by atoms with Gasteiger partial charge in [0.2, 0.25) is 11.9 Å². The summed E-state index contributed by atoms with van der Waals surface area (Å²) >= 11 is 0. The molecule has 2 aromatic rings. The molecule has 0 bridgehead atoms. The highest BCUT2D eigenvalue weighted by Gasteiger charge is 2.39. The number of carbonyl (C=O) groups excluding carboxylic acids is 2. The lowest BCUT2D eigenvalue weighted by Crippen LogP contribution is -2.55. The van der Waals surface area contributed by atoms with Crippen LogP contribution < -0.4 is 20.4 Å². The molecule has 1 aliphatic carbocycles. The third-order valence-electron chi connectivity index (χ3n) is 8.22. The number of anilines is 4. The standard InChI is InChI=1S/C28H39N7O2/c1-18-16-20(26(36)30-21-12-14-33(3)15-13-21)10-11-23(18)31-28-29-17-24-25(32-28)35(19(2)27(37)34(24)4)22-8-6-5-7-9-22/h10-11,16-17,19,21-22H,5-9,12-15H2,1-4H3,(H,30,36)(H,29,31,32)/t19-/m1/s1. The second-order valence-electron chi connectivity index (χ2n) is 10.9. The highest BCUT2D eigenvalue weighted by atomic mass is 16.2. The van der Waals surface area contributed by atoms with Crippen LogP contribution in [0.3, 0.4) is 0 Å². The lowest BCUT2D eigenvalue weighted by atomic mass is 9.92. The van der Waals surface area contributed by atoms with Gasteiger partial charge in [-0.25, -0.2) is 4.98 Å². The Morgan fingerprint density at radius 3 is 2.49 bits per heavy atom. The van der Waals surface area contributed by atoms with Crippen LogP contribution in [-0.2, 0) is 4.79 Å². The van der Waals surface area contributed by atoms with Crippen LogP contribution >= 0.6 is 0 Å². The van der Waals surface area contributed by atoms with Crippen molar-refractivity contribution < 1.29 is 9.59 Å². The summed E-state index contributed by atoms with van der Waals surface area (Å²) in [5, 5.41) is 6.54. The Kier molecular flexibility index (Phi) is 7.33. The molecule has 3 aliphatic rings. The van der Waals surface area contributed by atoms with E-state index in [1.165, 1.54) is 19.3 Å². The summed E-state index contributed by atoms with van der Waals surface area (Å²) in [7, 11) is 3.91. The van der Waals surface area contributed by atoms with E-state index in [9.17, 15) is 9.59 Å². The lowest BCUT2D eigenvalue weighted by Gasteiger charge is -2.44. The number of benzene rings is 1. The number of nitrogens with zero attached hydrogens (tertiary/aromatic N) is 5. The van der Waals surface area contributed by atoms with E-state index in [0.717, 1.165) is 61.5 Å². The second kappa shape index (κ2) is 10.7. The van der Waals surface area contributed by atoms with E-state index < -0.39 is 0 Å². The molecule has 0 unspecified atom stereocenters. The highest BCUT2D eigenvalue weighted by Crippen LogP contribution is 2.38. The molecule has 2 aliphatic heterocycles. The van der Waals surface area contributed by atoms with Gasteiger partial charge < -0.3 is 25.3 Å². The average molecular weight is 506 g/mol. The largest absolute Gasteiger partial charge is 0.349 e. The van der Waals surface area contributed by atoms with Gasteiger partial charge in [-0.05, 0) is 83.4 Å². The first-order valence-corrected chi connectivity index (χ1v) is 13.6. The van der Waals surface area contributed by atoms with Crippen LogP contribution in [0.25, 0.3) is 0 Å². The number of rotatable bonds is 5. The normalized spacial score (nSPS) is 21.6. The zero-order chi connectivity index (χ0) is 26.1. The Hall–Kier alpha value is -3.20. The number of piperidine rings is 1. The molecular formula is C28H39N7O2. The molecule has 9 nitrogen and oxygen atoms in total. The fourth-order valence-electron chi connectivity index (χ4n) is 5.89. The van der Waals surface area contributed by atoms with Gasteiger partial charge in [-0.15, -0.1) is 0 Å². The SMILES string of the molecule is Cc1cc(C(=O)NC2CCN(C)CC2)ccc1Nc1ncc2c(n1)N(C1CCCCC1)[C@H](C)C(=O)N2C. The predicted molar refractivity (Wildman–Crippen MR) is 147 cm³/mol. The Balaban J connectivity index is 1.34. The van der Waals surface area contributed by atoms with Gasteiger partial charge in [0, 0.05) is 30.4 Å². The molecular weight excluding hydrogens is 466 g/mol. The van der Waals surface area contributed by atoms with E-state index >= 15 is 0 Å². The van der Waals surface area contributed by atoms with Crippen molar-refractivity contribution >= 4 is 35.0 Å². The zero-order valence-corrected chi connectivity index (χ0v) is 22.5. The van der Waals surface area contributed by atoms with Crippen molar-refractivity contribution in [2.24, 2.45) is 0 Å². The Bertz CT molecular complexity index is 1160. The van der Waals surface area contributed by atoms with Crippen LogP contribution in [-0.4, -0.2) is 72.0 Å². The molecule has 0 radical (unpaired) electrons. The smallest absolute Gasteiger partial charge is 0.251 e. The van der Waals surface area contributed by atoms with Gasteiger partial charge in [-0.1, -0.05) is 19.3 Å². The predicted octanol–water partition coefficient (Wildman–Crippen LogP) is 3.86. The maximum atomic E-state index is 13.0. The lowest BCUT2D eigenvalue weighted by molar-refractivity contribution is -0.119. The number of fused-ring (bicyclic) bond motifs is 1. The first-order valence-electron chi connectivity index (χ1n) is 13.6. The number of hydrogen-bond acceptors (Lipinski definition) is 7. The van der Waals surface area contributed by atoms with E-state index in [1.54, 1.807) is 18.1 Å². The van der Waals surface area contributed by atoms with Gasteiger partial charge >= 0.3 is 0 Å². The van der Waals surface area contributed by atoms with Crippen molar-refractivity contribution in [2.45, 2.75) is 76.9 Å². The van der Waals surface area contributed by atoms with Crippen LogP contribution in [0.4, 0.5) is 23.1 Å². The van der Waals surface area contributed by atoms with Crippen LogP contribution in [0.2, 0.25) is 0 Å². The molecule has 198 valence electrons. The molecule has 2 N–H and O–H groups in total. The van der Waals surface area contributed by atoms with Crippen molar-refractivity contribution in [3.8, 4) is 0 Å². The highest BCUT2D eigenvalue weighted by molar-refractivity contribution is 6.04. The second-order valence-corrected chi connectivity index (χ2v) is 10.9. The quantitative estimate of drug-likeness (QED) is 0.637. The van der Waals surface area contributed by atoms with Crippen molar-refractivity contribution in [2.75, 3.05) is 42.3 Å². The monoisotopic (exact) mass is 505 g/mol. The topological polar surface area (TPSA) is 93.7 Å². The fourth-order valence-corrected chi connectivity index (χ4v) is 5.89. The number of likely N-dealkylation sites (N-methyl/N-ethyl adjacent to an activating group) is 1. The van der Waals surface area contributed by atoms with Crippen molar-refractivity contribution in [3.05, 3.63) is 35.5 Å². The minimum Gasteiger partial charge on any atom is -0.349 e. The molecule has 37 heavy (non-hydrogen) atoms. The Morgan fingerprint density at radius 2 is 1.78 bits per heavy atom. The summed E-state index contributed by atoms with van der Waals surface area (Å²) in [5.41, 5.74) is 3.21. The van der Waals surface area contributed by atoms with Gasteiger partial charge in [-0.3, -0.25) is 9.59 Å². The average Bonchev–Trinajstić information content (AvgIpc) is 2.90. The minimum absolute atomic E-state index is 0.0287. The molecule has 1 atom stereocenters. The van der Waals surface area contributed by atoms with E-state index in [2.05, 4.69) is 32.5 Å². The molecule has 2 amide bonds. The summed E-state index contributed by atoms with van der Waals surface area (Å²) in [5.74, 6) is 1.35. The van der Waals surface area contributed by atoms with E-state index in [0.29, 0.717) is 17.6 Å². The van der Waals surface area contributed by atoms with E-state index in [-0.39, 0.29) is 23.9 Å². The minimum atomic E-state index is -0.257. The fraction of sp³-hybridized carbons (Fsp3) is 0.571. The van der Waals surface area contributed by atoms with Crippen molar-refractivity contribution in [1.82, 2.24) is 20.2 Å². The molecule has 2 fully saturated rings. The van der Waals surface area contributed by atoms with Gasteiger partial charge in [-0.2, -0.15) is 4.98 Å². The summed E-state index contributed by atoms with van der Waals surface area (Å²) in [6.07, 6.45) is 9.47. The van der Waals surface area contributed by atoms with Crippen LogP contribution in [0.5, 0.6) is 0 Å². The van der Waals surface area contributed by atoms with Gasteiger partial charge in [0.25, 0.3) is 5.91 Å². The Morgan fingerprint density at radius 1 is 1.05 bits per heavy atom. The van der Waals surface area contributed by atoms with Crippen molar-refractivity contribution in [1.29, 1.82) is 0 Å². The summed E-state index contributed by atoms with van der Waals surface area (Å²) < 4.78 is 0. The number of aryl methyl sites for hydroxylation is 1. The molecule has 5 rings (SSSR count). The number of carbonyl (C=O) groups is 2. The molecule has 1 saturated heterocycles. The number of aromatic nitrogens is 2. The number of likely N-dealkylation sites (tertiary alicyclic amines) is 1. The van der Waals surface area contributed by atoms with Crippen LogP contribution in [0, 0.1) is 6.92 Å². The maximum absolute atomic E-state index is 13.0. The first-order chi connectivity index (χ1) is 17.8. The molecule has 3 heterocycles. The molecule has 1 saturated carbocycles. The number of amides is 2. The molecule has 1 aromatic heterocycles. The number of hydrogen-bond donors (Lipinski definition) is 2. The Labute approximate surface area is 219 Å². The number of nitrogens with one attached hydrogen (secondary N) is 2. The van der Waals surface area contributed by atoms with Gasteiger partial charge in [0.05, 0.1) is 6.20 Å². The molecule has 1 aromatic carbocycles. The third kappa shape index (κ3) is 5.28. The van der Waals surface area contributed by atoms with Crippen molar-refractivity contribution in [3.63, 3.8) is 0 Å². The first kappa shape index (κ1) is 25.4. The molecule has 0 spiro atoms. The summed E-state index contributed by atoms with van der Waals surface area (Å²) in [6, 6.07) is 5.96. The van der Waals surface area contributed by atoms with Gasteiger partial charge in [0.1, 0.15) is 11.7 Å². The van der Waals surface area contributed by atoms with Crippen LogP contribution in [0.1, 0.15) is 67.8 Å². The third-order valence-corrected chi connectivity index (χ3v) is 8.22. The summed E-state index contributed by atoms with van der Waals surface area (Å²) in [4.78, 5) is 41.4. The maximum Gasteiger partial charge on any atom is 0.251 e. The summed E-state index contributed by atoms with van der Waals surface area (Å²) in [6.45, 7) is 5.98. The van der Waals surface area contributed by atoms with Gasteiger partial charge in [0.15, 0.2) is 5.82 Å². The van der Waals surface area contributed by atoms with Crippen LogP contribution in [0.15, 0.2) is 24.4 Å². The zero-order valence-electron chi connectivity index (χ0n) is 22.5. The molecule has 9 heteroatoms. The van der Waals surface area contributed by atoms with E-state index in [1.807, 2.05) is 32.0 Å². The van der Waals surface area contributed by atoms with E-state index in [4.69, 9.17) is 4.98 Å².